The smallest absolute Gasteiger partial charge is 0.343 e. The molecule has 0 saturated carbocycles. The number of aromatic nitrogens is 1. The van der Waals surface area contributed by atoms with E-state index < -0.39 is 17.2 Å². The zero-order valence-electron chi connectivity index (χ0n) is 22.4. The van der Waals surface area contributed by atoms with E-state index in [4.69, 9.17) is 14.2 Å². The van der Waals surface area contributed by atoms with Gasteiger partial charge in [0, 0.05) is 35.2 Å². The van der Waals surface area contributed by atoms with E-state index in [9.17, 15) is 9.59 Å². The quantitative estimate of drug-likeness (QED) is 0.165. The molecule has 1 aromatic heterocycles. The van der Waals surface area contributed by atoms with Crippen LogP contribution in [0.2, 0.25) is 0 Å². The molecular weight excluding hydrogens is 579 g/mol. The van der Waals surface area contributed by atoms with Crippen LogP contribution in [-0.4, -0.2) is 42.2 Å². The van der Waals surface area contributed by atoms with Crippen LogP contribution in [0.5, 0.6) is 11.5 Å². The maximum atomic E-state index is 15.5. The molecule has 4 aromatic rings. The number of methoxy groups -OCH3 is 1. The van der Waals surface area contributed by atoms with Crippen molar-refractivity contribution in [3.8, 4) is 17.2 Å². The molecule has 0 aliphatic carbocycles. The van der Waals surface area contributed by atoms with Gasteiger partial charge in [-0.3, -0.25) is 4.79 Å². The Morgan fingerprint density at radius 2 is 1.80 bits per heavy atom. The third kappa shape index (κ3) is 5.56. The largest absolute Gasteiger partial charge is 0.497 e. The van der Waals surface area contributed by atoms with Crippen molar-refractivity contribution in [3.05, 3.63) is 94.0 Å². The second kappa shape index (κ2) is 12.1. The van der Waals surface area contributed by atoms with Crippen molar-refractivity contribution in [1.29, 1.82) is 0 Å². The number of carbonyl (C=O) groups is 1. The SMILES string of the molecule is CCOC(=O)c1cn(-c2ccc(OCc3ccc(OC)cc3)cc2)c2cc(N3CCCC3CBr)c(F)cc2c1=O. The van der Waals surface area contributed by atoms with E-state index in [2.05, 4.69) is 15.9 Å². The van der Waals surface area contributed by atoms with E-state index in [1.807, 2.05) is 53.4 Å². The molecule has 5 rings (SSSR count). The highest BCUT2D eigenvalue weighted by Gasteiger charge is 2.27. The molecule has 1 aliphatic heterocycles. The van der Waals surface area contributed by atoms with Crippen molar-refractivity contribution < 1.29 is 23.4 Å². The summed E-state index contributed by atoms with van der Waals surface area (Å²) in [5.74, 6) is 0.192. The van der Waals surface area contributed by atoms with Gasteiger partial charge >= 0.3 is 5.97 Å². The molecule has 2 heterocycles. The van der Waals surface area contributed by atoms with Gasteiger partial charge in [0.05, 0.1) is 24.9 Å². The first-order valence-corrected chi connectivity index (χ1v) is 14.3. The number of anilines is 1. The van der Waals surface area contributed by atoms with Crippen molar-refractivity contribution in [1.82, 2.24) is 4.57 Å². The number of ether oxygens (including phenoxy) is 3. The fourth-order valence-electron chi connectivity index (χ4n) is 5.03. The third-order valence-electron chi connectivity index (χ3n) is 7.11. The second-order valence-electron chi connectivity index (χ2n) is 9.56. The number of alkyl halides is 1. The van der Waals surface area contributed by atoms with Gasteiger partial charge in [0.1, 0.15) is 29.5 Å². The third-order valence-corrected chi connectivity index (χ3v) is 7.86. The number of halogens is 2. The summed E-state index contributed by atoms with van der Waals surface area (Å²) in [4.78, 5) is 28.0. The number of nitrogens with zero attached hydrogens (tertiary/aromatic N) is 2. The Morgan fingerprint density at radius 1 is 1.07 bits per heavy atom. The highest BCUT2D eigenvalue weighted by Crippen LogP contribution is 2.33. The molecule has 1 fully saturated rings. The van der Waals surface area contributed by atoms with Gasteiger partial charge < -0.3 is 23.7 Å². The first-order valence-electron chi connectivity index (χ1n) is 13.2. The molecule has 0 radical (unpaired) electrons. The zero-order valence-corrected chi connectivity index (χ0v) is 23.9. The minimum atomic E-state index is -0.744. The van der Waals surface area contributed by atoms with Crippen LogP contribution in [0, 0.1) is 5.82 Å². The van der Waals surface area contributed by atoms with Crippen LogP contribution in [0.15, 0.2) is 71.7 Å². The van der Waals surface area contributed by atoms with E-state index in [-0.39, 0.29) is 23.6 Å². The Balaban J connectivity index is 1.54. The molecule has 208 valence electrons. The fourth-order valence-corrected chi connectivity index (χ4v) is 5.70. The second-order valence-corrected chi connectivity index (χ2v) is 10.2. The molecule has 1 saturated heterocycles. The van der Waals surface area contributed by atoms with Crippen LogP contribution in [0.3, 0.4) is 0 Å². The van der Waals surface area contributed by atoms with Crippen molar-refractivity contribution in [2.45, 2.75) is 32.4 Å². The number of rotatable bonds is 9. The molecule has 0 N–H and O–H groups in total. The predicted molar refractivity (Wildman–Crippen MR) is 157 cm³/mol. The van der Waals surface area contributed by atoms with Crippen molar-refractivity contribution in [3.63, 3.8) is 0 Å². The van der Waals surface area contributed by atoms with Gasteiger partial charge in [0.25, 0.3) is 0 Å². The van der Waals surface area contributed by atoms with E-state index in [1.54, 1.807) is 24.7 Å². The average Bonchev–Trinajstić information content (AvgIpc) is 3.46. The van der Waals surface area contributed by atoms with Gasteiger partial charge in [-0.15, -0.1) is 0 Å². The number of pyridine rings is 1. The number of esters is 1. The van der Waals surface area contributed by atoms with Crippen LogP contribution in [-0.2, 0) is 11.3 Å². The molecular formula is C31H30BrFN2O5. The first-order chi connectivity index (χ1) is 19.4. The summed E-state index contributed by atoms with van der Waals surface area (Å²) >= 11 is 3.54. The highest BCUT2D eigenvalue weighted by molar-refractivity contribution is 9.09. The summed E-state index contributed by atoms with van der Waals surface area (Å²) < 4.78 is 33.5. The number of carbonyl (C=O) groups excluding carboxylic acids is 1. The number of benzene rings is 3. The molecule has 9 heteroatoms. The van der Waals surface area contributed by atoms with Crippen LogP contribution >= 0.6 is 15.9 Å². The summed E-state index contributed by atoms with van der Waals surface area (Å²) in [6.45, 7) is 2.89. The first kappa shape index (κ1) is 27.7. The lowest BCUT2D eigenvalue weighted by molar-refractivity contribution is 0.0524. The van der Waals surface area contributed by atoms with Crippen molar-refractivity contribution >= 4 is 38.5 Å². The Morgan fingerprint density at radius 3 is 2.48 bits per heavy atom. The summed E-state index contributed by atoms with van der Waals surface area (Å²) in [5, 5.41) is 0.832. The zero-order chi connectivity index (χ0) is 28.2. The summed E-state index contributed by atoms with van der Waals surface area (Å²) in [5.41, 5.74) is 1.90. The molecule has 0 amide bonds. The number of hydrogen-bond acceptors (Lipinski definition) is 6. The molecule has 7 nitrogen and oxygen atoms in total. The van der Waals surface area contributed by atoms with Gasteiger partial charge in [-0.2, -0.15) is 0 Å². The molecule has 1 unspecified atom stereocenters. The Bertz CT molecular complexity index is 1570. The molecule has 0 spiro atoms. The molecule has 1 atom stereocenters. The summed E-state index contributed by atoms with van der Waals surface area (Å²) in [6.07, 6.45) is 3.39. The maximum absolute atomic E-state index is 15.5. The molecule has 3 aromatic carbocycles. The fraction of sp³-hybridized carbons (Fsp3) is 0.290. The van der Waals surface area contributed by atoms with Gasteiger partial charge in [-0.05, 0) is 73.9 Å². The minimum Gasteiger partial charge on any atom is -0.497 e. The van der Waals surface area contributed by atoms with Gasteiger partial charge in [-0.1, -0.05) is 28.1 Å². The lowest BCUT2D eigenvalue weighted by Crippen LogP contribution is -2.31. The van der Waals surface area contributed by atoms with E-state index >= 15 is 4.39 Å². The Kier molecular flexibility index (Phi) is 8.40. The minimum absolute atomic E-state index is 0.112. The summed E-state index contributed by atoms with van der Waals surface area (Å²) in [7, 11) is 1.62. The van der Waals surface area contributed by atoms with Crippen LogP contribution < -0.4 is 19.8 Å². The van der Waals surface area contributed by atoms with Crippen molar-refractivity contribution in [2.75, 3.05) is 30.5 Å². The van der Waals surface area contributed by atoms with Crippen molar-refractivity contribution in [2.24, 2.45) is 0 Å². The van der Waals surface area contributed by atoms with E-state index in [1.165, 1.54) is 12.3 Å². The van der Waals surface area contributed by atoms with Crippen LogP contribution in [0.25, 0.3) is 16.6 Å². The standard InChI is InChI=1S/C31H30BrFN2O5/c1-3-39-31(37)26-18-35(21-8-12-24(13-9-21)40-19-20-6-10-23(38-2)11-7-20)28-16-29(27(33)15-25(28)30(26)36)34-14-4-5-22(34)17-32/h6-13,15-16,18,22H,3-5,14,17,19H2,1-2H3. The lowest BCUT2D eigenvalue weighted by atomic mass is 10.1. The van der Waals surface area contributed by atoms with E-state index in [0.29, 0.717) is 29.2 Å². The van der Waals surface area contributed by atoms with E-state index in [0.717, 1.165) is 36.0 Å². The number of hydrogen-bond donors (Lipinski definition) is 0. The maximum Gasteiger partial charge on any atom is 0.343 e. The number of fused-ring (bicyclic) bond motifs is 1. The Hall–Kier alpha value is -3.85. The molecule has 0 bridgehead atoms. The average molecular weight is 609 g/mol. The Labute approximate surface area is 240 Å². The monoisotopic (exact) mass is 608 g/mol. The van der Waals surface area contributed by atoms with Gasteiger partial charge in [0.2, 0.25) is 5.43 Å². The summed E-state index contributed by atoms with van der Waals surface area (Å²) in [6, 6.07) is 18.0. The van der Waals surface area contributed by atoms with Crippen LogP contribution in [0.4, 0.5) is 10.1 Å². The topological polar surface area (TPSA) is 70.0 Å². The normalized spacial score (nSPS) is 14.9. The highest BCUT2D eigenvalue weighted by atomic mass is 79.9. The molecule has 40 heavy (non-hydrogen) atoms. The lowest BCUT2D eigenvalue weighted by Gasteiger charge is -2.26. The molecule has 1 aliphatic rings. The van der Waals surface area contributed by atoms with Gasteiger partial charge in [0.15, 0.2) is 0 Å². The van der Waals surface area contributed by atoms with Crippen LogP contribution in [0.1, 0.15) is 35.7 Å². The predicted octanol–water partition coefficient (Wildman–Crippen LogP) is 6.26. The van der Waals surface area contributed by atoms with Gasteiger partial charge in [-0.25, -0.2) is 9.18 Å².